The van der Waals surface area contributed by atoms with Crippen molar-refractivity contribution in [3.63, 3.8) is 0 Å². The number of hydrogen-bond acceptors (Lipinski definition) is 10. The number of carbonyl (C=O) groups is 3. The molecule has 3 fully saturated rings. The third kappa shape index (κ3) is 6.81. The van der Waals surface area contributed by atoms with Crippen molar-refractivity contribution < 1.29 is 42.6 Å². The number of benzene rings is 3. The number of aliphatic hydroxyl groups is 1. The summed E-state index contributed by atoms with van der Waals surface area (Å²) in [6.45, 7) is 4.15. The van der Waals surface area contributed by atoms with Crippen LogP contribution >= 0.6 is 0 Å². The van der Waals surface area contributed by atoms with Crippen molar-refractivity contribution in [1.29, 1.82) is 0 Å². The highest BCUT2D eigenvalue weighted by atomic mass is 19.1. The van der Waals surface area contributed by atoms with E-state index in [0.717, 1.165) is 62.4 Å². The molecule has 2 saturated carbocycles. The Morgan fingerprint density at radius 2 is 1.80 bits per heavy atom. The maximum atomic E-state index is 15.8. The van der Waals surface area contributed by atoms with Gasteiger partial charge in [-0.1, -0.05) is 0 Å². The van der Waals surface area contributed by atoms with E-state index in [1.165, 1.54) is 30.5 Å². The first-order valence-electron chi connectivity index (χ1n) is 16.7. The molecule has 3 atom stereocenters. The molecule has 0 radical (unpaired) electrons. The van der Waals surface area contributed by atoms with E-state index < -0.39 is 40.9 Å². The Labute approximate surface area is 292 Å². The topological polar surface area (TPSA) is 157 Å². The van der Waals surface area contributed by atoms with Gasteiger partial charge in [0.25, 0.3) is 0 Å². The first-order chi connectivity index (χ1) is 24.5. The number of aromatic nitrogens is 1. The molecule has 4 aromatic rings. The molecule has 3 unspecified atom stereocenters. The number of nitrogens with one attached hydrogen (secondary N) is 1. The van der Waals surface area contributed by atoms with Crippen LogP contribution in [-0.2, 0) is 19.2 Å². The van der Waals surface area contributed by atoms with E-state index in [2.05, 4.69) is 15.4 Å². The number of fused-ring (bicyclic) bond motifs is 1. The Bertz CT molecular complexity index is 1990. The van der Waals surface area contributed by atoms with Gasteiger partial charge in [-0.25, -0.2) is 8.78 Å². The van der Waals surface area contributed by atoms with E-state index in [0.29, 0.717) is 35.6 Å². The number of primary amides is 1. The number of ether oxygens (including phenoxy) is 2. The summed E-state index contributed by atoms with van der Waals surface area (Å²) >= 11 is 0. The lowest BCUT2D eigenvalue weighted by Gasteiger charge is -2.27. The number of amides is 2. The lowest BCUT2D eigenvalue weighted by Crippen LogP contribution is -2.46. The zero-order valence-electron chi connectivity index (χ0n) is 27.8. The average molecular weight is 702 g/mol. The Balaban J connectivity index is 1.06. The van der Waals surface area contributed by atoms with Gasteiger partial charge in [0.15, 0.2) is 11.6 Å². The molecule has 2 aliphatic carbocycles. The van der Waals surface area contributed by atoms with Crippen LogP contribution in [-0.4, -0.2) is 71.2 Å². The quantitative estimate of drug-likeness (QED) is 0.103. The molecule has 1 aromatic heterocycles. The van der Waals surface area contributed by atoms with Crippen molar-refractivity contribution in [1.82, 2.24) is 15.4 Å². The summed E-state index contributed by atoms with van der Waals surface area (Å²) in [5, 5.41) is 10.9. The Kier molecular flexibility index (Phi) is 9.08. The first-order valence-corrected chi connectivity index (χ1v) is 16.7. The SMILES string of the molecule is CC(=O)ONC1CC1(C(N)=O)C(=O)N(c1ccc(F)cc1)c1ccc(Oc2ccnc3cc(OCCCN4CC(O)C5(CC5)C4)ccc23)c(F)c1. The summed E-state index contributed by atoms with van der Waals surface area (Å²) in [5.41, 5.74) is 7.12. The highest BCUT2D eigenvalue weighted by Gasteiger charge is 2.67. The second-order valence-electron chi connectivity index (χ2n) is 13.4. The number of pyridine rings is 1. The molecule has 1 saturated heterocycles. The van der Waals surface area contributed by atoms with Crippen molar-refractivity contribution >= 4 is 40.1 Å². The maximum Gasteiger partial charge on any atom is 0.321 e. The molecule has 2 amide bonds. The Hall–Kier alpha value is -5.18. The third-order valence-corrected chi connectivity index (χ3v) is 9.94. The Morgan fingerprint density at radius 1 is 1.04 bits per heavy atom. The smallest absolute Gasteiger partial charge is 0.321 e. The number of hydroxylamine groups is 1. The summed E-state index contributed by atoms with van der Waals surface area (Å²) in [6, 6.07) is 14.7. The van der Waals surface area contributed by atoms with Crippen LogP contribution in [0.25, 0.3) is 10.9 Å². The number of anilines is 2. The fourth-order valence-corrected chi connectivity index (χ4v) is 6.81. The monoisotopic (exact) mass is 701 g/mol. The predicted octanol–water partition coefficient (Wildman–Crippen LogP) is 4.51. The van der Waals surface area contributed by atoms with Crippen LogP contribution in [0.2, 0.25) is 0 Å². The van der Waals surface area contributed by atoms with E-state index in [-0.39, 0.29) is 35.1 Å². The van der Waals surface area contributed by atoms with Gasteiger partial charge in [0.05, 0.1) is 30.0 Å². The normalized spacial score (nSPS) is 21.7. The molecule has 14 heteroatoms. The van der Waals surface area contributed by atoms with E-state index in [4.69, 9.17) is 20.0 Å². The van der Waals surface area contributed by atoms with Crippen molar-refractivity contribution in [2.75, 3.05) is 31.1 Å². The third-order valence-electron chi connectivity index (χ3n) is 9.94. The van der Waals surface area contributed by atoms with Crippen LogP contribution in [0.5, 0.6) is 17.2 Å². The minimum Gasteiger partial charge on any atom is -0.493 e. The molecule has 3 aromatic carbocycles. The van der Waals surface area contributed by atoms with Gasteiger partial charge in [-0.05, 0) is 80.3 Å². The molecule has 3 aliphatic rings. The molecular weight excluding hydrogens is 664 g/mol. The molecule has 2 heterocycles. The number of carbonyl (C=O) groups excluding carboxylic acids is 3. The van der Waals surface area contributed by atoms with E-state index >= 15 is 4.39 Å². The molecule has 12 nitrogen and oxygen atoms in total. The van der Waals surface area contributed by atoms with Crippen molar-refractivity contribution in [3.8, 4) is 17.2 Å². The first kappa shape index (κ1) is 34.3. The number of likely N-dealkylation sites (tertiary alicyclic amines) is 1. The predicted molar refractivity (Wildman–Crippen MR) is 181 cm³/mol. The second-order valence-corrected chi connectivity index (χ2v) is 13.4. The van der Waals surface area contributed by atoms with Crippen molar-refractivity contribution in [2.24, 2.45) is 16.6 Å². The number of β-amino-alcohol motifs (C(OH)–C–C–N with tert-alkyl or cyclic N) is 1. The largest absolute Gasteiger partial charge is 0.493 e. The standard InChI is InChI=1S/C37H37F2N5O7/c1-22(45)51-42-32-19-37(32,34(40)47)35(48)44(24-5-3-23(38)4-6-24)25-7-10-31(28(39)17-25)50-30-11-14-41-29-18-26(8-9-27(29)30)49-16-2-15-43-20-33(46)36(21-43)12-13-36/h3-11,14,17-18,32-33,42,46H,2,12-13,15-16,19-21H2,1H3,(H2,40,47). The number of halogens is 2. The summed E-state index contributed by atoms with van der Waals surface area (Å²) in [4.78, 5) is 50.5. The summed E-state index contributed by atoms with van der Waals surface area (Å²) in [5.74, 6) is -3.07. The number of aliphatic hydroxyl groups excluding tert-OH is 1. The highest BCUT2D eigenvalue weighted by Crippen LogP contribution is 2.53. The fraction of sp³-hybridized carbons (Fsp3) is 0.351. The maximum absolute atomic E-state index is 15.8. The summed E-state index contributed by atoms with van der Waals surface area (Å²) in [7, 11) is 0. The van der Waals surface area contributed by atoms with Gasteiger partial charge in [0.2, 0.25) is 11.8 Å². The molecule has 4 N–H and O–H groups in total. The van der Waals surface area contributed by atoms with Gasteiger partial charge in [-0.2, -0.15) is 0 Å². The molecule has 7 rings (SSSR count). The van der Waals surface area contributed by atoms with Crippen LogP contribution in [0, 0.1) is 22.5 Å². The minimum absolute atomic E-state index is 0.0181. The van der Waals surface area contributed by atoms with Crippen LogP contribution in [0.1, 0.15) is 32.6 Å². The molecular formula is C37H37F2N5O7. The lowest BCUT2D eigenvalue weighted by molar-refractivity contribution is -0.150. The zero-order valence-corrected chi connectivity index (χ0v) is 27.8. The second kappa shape index (κ2) is 13.5. The van der Waals surface area contributed by atoms with Crippen LogP contribution in [0.15, 0.2) is 72.9 Å². The molecule has 266 valence electrons. The lowest BCUT2D eigenvalue weighted by atomic mass is 10.0. The summed E-state index contributed by atoms with van der Waals surface area (Å²) in [6.07, 6.45) is 4.24. The van der Waals surface area contributed by atoms with Crippen molar-refractivity contribution in [2.45, 2.75) is 44.8 Å². The highest BCUT2D eigenvalue weighted by molar-refractivity contribution is 6.17. The van der Waals surface area contributed by atoms with Crippen molar-refractivity contribution in [3.05, 3.63) is 84.6 Å². The molecule has 1 aliphatic heterocycles. The van der Waals surface area contributed by atoms with E-state index in [1.54, 1.807) is 24.3 Å². The Morgan fingerprint density at radius 3 is 2.49 bits per heavy atom. The van der Waals surface area contributed by atoms with Crippen LogP contribution in [0.4, 0.5) is 20.2 Å². The fourth-order valence-electron chi connectivity index (χ4n) is 6.81. The van der Waals surface area contributed by atoms with Gasteiger partial charge in [-0.3, -0.25) is 29.2 Å². The molecule has 51 heavy (non-hydrogen) atoms. The summed E-state index contributed by atoms with van der Waals surface area (Å²) < 4.78 is 41.6. The zero-order chi connectivity index (χ0) is 35.9. The number of hydrogen-bond donors (Lipinski definition) is 3. The molecule has 1 spiro atoms. The van der Waals surface area contributed by atoms with E-state index in [1.807, 2.05) is 0 Å². The van der Waals surface area contributed by atoms with Crippen LogP contribution < -0.4 is 25.6 Å². The van der Waals surface area contributed by atoms with E-state index in [9.17, 15) is 23.9 Å². The van der Waals surface area contributed by atoms with Gasteiger partial charge >= 0.3 is 5.97 Å². The van der Waals surface area contributed by atoms with Gasteiger partial charge in [0.1, 0.15) is 22.7 Å². The average Bonchev–Trinajstić information content (AvgIpc) is 4.02. The van der Waals surface area contributed by atoms with Gasteiger partial charge < -0.3 is 25.2 Å². The van der Waals surface area contributed by atoms with Gasteiger partial charge in [0, 0.05) is 61.4 Å². The number of nitrogens with two attached hydrogens (primary N) is 1. The van der Waals surface area contributed by atoms with Gasteiger partial charge in [-0.15, -0.1) is 5.48 Å². The minimum atomic E-state index is -1.81. The van der Waals surface area contributed by atoms with Crippen LogP contribution in [0.3, 0.4) is 0 Å². The molecule has 0 bridgehead atoms. The number of rotatable bonds is 13. The number of nitrogens with zero attached hydrogens (tertiary/aromatic N) is 3.